The smallest absolute Gasteiger partial charge is 0.294 e. The normalized spacial score (nSPS) is 26.3. The Labute approximate surface area is 69.2 Å². The molecule has 0 spiro atoms. The maximum Gasteiger partial charge on any atom is 0.294 e. The lowest BCUT2D eigenvalue weighted by Crippen LogP contribution is -2.23. The number of nitrogens with two attached hydrogens (primary N) is 1. The van der Waals surface area contributed by atoms with Crippen molar-refractivity contribution in [3.8, 4) is 0 Å². The van der Waals surface area contributed by atoms with Gasteiger partial charge in [0.05, 0.1) is 11.6 Å². The van der Waals surface area contributed by atoms with Crippen molar-refractivity contribution in [2.75, 3.05) is 0 Å². The van der Waals surface area contributed by atoms with Gasteiger partial charge in [-0.1, -0.05) is 6.08 Å². The first-order valence-corrected chi connectivity index (χ1v) is 3.58. The van der Waals surface area contributed by atoms with E-state index in [-0.39, 0.29) is 11.6 Å². The van der Waals surface area contributed by atoms with E-state index in [1.165, 1.54) is 0 Å². The fourth-order valence-electron chi connectivity index (χ4n) is 1.13. The lowest BCUT2D eigenvalue weighted by Gasteiger charge is -2.14. The van der Waals surface area contributed by atoms with Crippen LogP contribution in [-0.4, -0.2) is 18.0 Å². The molecular weight excluding hydrogens is 154 g/mol. The van der Waals surface area contributed by atoms with E-state index in [9.17, 15) is 4.79 Å². The van der Waals surface area contributed by atoms with E-state index in [0.29, 0.717) is 5.84 Å². The van der Waals surface area contributed by atoms with Crippen molar-refractivity contribution in [1.82, 2.24) is 0 Å². The Hall–Kier alpha value is -1.71. The number of hydrogen-bond acceptors (Lipinski definition) is 3. The fourth-order valence-corrected chi connectivity index (χ4v) is 1.13. The molecule has 0 fully saturated rings. The molecule has 1 atom stereocenters. The Morgan fingerprint density at radius 1 is 1.50 bits per heavy atom. The zero-order valence-electron chi connectivity index (χ0n) is 6.27. The molecule has 0 aromatic rings. The quantitative estimate of drug-likeness (QED) is 0.544. The average molecular weight is 161 g/mol. The fraction of sp³-hybridized carbons (Fsp3) is 0.125. The largest absolute Gasteiger partial charge is 0.394 e. The third kappa shape index (κ3) is 0.972. The van der Waals surface area contributed by atoms with E-state index in [1.54, 1.807) is 12.3 Å². The summed E-state index contributed by atoms with van der Waals surface area (Å²) >= 11 is 0. The molecule has 0 saturated carbocycles. The summed E-state index contributed by atoms with van der Waals surface area (Å²) in [6.07, 6.45) is 6.98. The van der Waals surface area contributed by atoms with Crippen molar-refractivity contribution in [1.29, 1.82) is 0 Å². The van der Waals surface area contributed by atoms with Gasteiger partial charge in [-0.2, -0.15) is 4.99 Å². The van der Waals surface area contributed by atoms with E-state index >= 15 is 0 Å². The van der Waals surface area contributed by atoms with Gasteiger partial charge in [-0.25, -0.2) is 4.99 Å². The predicted molar refractivity (Wildman–Crippen MR) is 45.8 cm³/mol. The van der Waals surface area contributed by atoms with Gasteiger partial charge in [-0.3, -0.25) is 4.79 Å². The Morgan fingerprint density at radius 3 is 3.17 bits per heavy atom. The molecule has 2 N–H and O–H groups in total. The summed E-state index contributed by atoms with van der Waals surface area (Å²) in [4.78, 5) is 18.6. The molecule has 2 rings (SSSR count). The molecule has 0 radical (unpaired) electrons. The zero-order chi connectivity index (χ0) is 8.55. The van der Waals surface area contributed by atoms with Gasteiger partial charge in [0.25, 0.3) is 5.91 Å². The molecule has 2 aliphatic rings. The van der Waals surface area contributed by atoms with E-state index < -0.39 is 5.91 Å². The summed E-state index contributed by atoms with van der Waals surface area (Å²) in [5.74, 6) is 0.109. The molecule has 0 aromatic heterocycles. The molecule has 2 aliphatic heterocycles. The van der Waals surface area contributed by atoms with Crippen LogP contribution in [0, 0.1) is 5.92 Å². The van der Waals surface area contributed by atoms with E-state index in [0.717, 1.165) is 0 Å². The van der Waals surface area contributed by atoms with Crippen molar-refractivity contribution in [2.45, 2.75) is 0 Å². The summed E-state index contributed by atoms with van der Waals surface area (Å²) in [5, 5.41) is 0. The minimum Gasteiger partial charge on any atom is -0.394 e. The van der Waals surface area contributed by atoms with Crippen LogP contribution in [0.15, 0.2) is 33.9 Å². The topological polar surface area (TPSA) is 67.8 Å². The standard InChI is InChI=1S/C8H7N3O/c9-6-4-5-2-1-3-10-7(5)11-8(6)12/h1-5H,9H2. The van der Waals surface area contributed by atoms with Crippen LogP contribution in [0.5, 0.6) is 0 Å². The number of carbonyl (C=O) groups is 1. The first kappa shape index (κ1) is 6.97. The Kier molecular flexibility index (Phi) is 1.40. The summed E-state index contributed by atoms with van der Waals surface area (Å²) in [5.41, 5.74) is 5.60. The zero-order valence-corrected chi connectivity index (χ0v) is 6.27. The molecule has 2 heterocycles. The van der Waals surface area contributed by atoms with Crippen molar-refractivity contribution in [3.05, 3.63) is 23.9 Å². The summed E-state index contributed by atoms with van der Waals surface area (Å²) in [6.45, 7) is 0. The molecule has 0 bridgehead atoms. The molecule has 60 valence electrons. The van der Waals surface area contributed by atoms with Crippen LogP contribution >= 0.6 is 0 Å². The molecule has 1 amide bonds. The van der Waals surface area contributed by atoms with Crippen LogP contribution in [0.4, 0.5) is 0 Å². The second kappa shape index (κ2) is 2.41. The Morgan fingerprint density at radius 2 is 2.33 bits per heavy atom. The first-order chi connectivity index (χ1) is 5.77. The molecule has 12 heavy (non-hydrogen) atoms. The van der Waals surface area contributed by atoms with Crippen molar-refractivity contribution in [3.63, 3.8) is 0 Å². The number of dihydropyridines is 2. The van der Waals surface area contributed by atoms with Crippen molar-refractivity contribution < 1.29 is 4.79 Å². The maximum absolute atomic E-state index is 11.0. The minimum absolute atomic E-state index is 0.0206. The molecule has 0 aromatic carbocycles. The molecule has 0 aliphatic carbocycles. The van der Waals surface area contributed by atoms with E-state index in [2.05, 4.69) is 9.98 Å². The van der Waals surface area contributed by atoms with E-state index in [4.69, 9.17) is 5.73 Å². The number of hydrogen-bond donors (Lipinski definition) is 1. The third-order valence-corrected chi connectivity index (χ3v) is 1.73. The average Bonchev–Trinajstić information content (AvgIpc) is 2.07. The third-order valence-electron chi connectivity index (χ3n) is 1.73. The highest BCUT2D eigenvalue weighted by Gasteiger charge is 2.20. The highest BCUT2D eigenvalue weighted by Crippen LogP contribution is 2.15. The highest BCUT2D eigenvalue weighted by atomic mass is 16.1. The van der Waals surface area contributed by atoms with Crippen LogP contribution in [-0.2, 0) is 4.79 Å². The highest BCUT2D eigenvalue weighted by molar-refractivity contribution is 6.10. The number of nitrogens with zero attached hydrogens (tertiary/aromatic N) is 2. The maximum atomic E-state index is 11.0. The van der Waals surface area contributed by atoms with Crippen molar-refractivity contribution in [2.24, 2.45) is 21.6 Å². The number of carbonyl (C=O) groups excluding carboxylic acids is 1. The van der Waals surface area contributed by atoms with Crippen LogP contribution in [0.1, 0.15) is 0 Å². The first-order valence-electron chi connectivity index (χ1n) is 3.58. The number of fused-ring (bicyclic) bond motifs is 1. The lowest BCUT2D eigenvalue weighted by molar-refractivity contribution is -0.114. The molecule has 4 nitrogen and oxygen atoms in total. The second-order valence-electron chi connectivity index (χ2n) is 2.59. The molecule has 0 saturated heterocycles. The number of allylic oxidation sites excluding steroid dienone is 1. The number of amides is 1. The number of rotatable bonds is 0. The number of aliphatic imine (C=N–C) groups is 2. The van der Waals surface area contributed by atoms with Gasteiger partial charge in [0, 0.05) is 6.21 Å². The van der Waals surface area contributed by atoms with Gasteiger partial charge in [-0.15, -0.1) is 0 Å². The van der Waals surface area contributed by atoms with Gasteiger partial charge in [0.1, 0.15) is 5.84 Å². The summed E-state index contributed by atoms with van der Waals surface area (Å²) in [6, 6.07) is 0. The predicted octanol–water partition coefficient (Wildman–Crippen LogP) is 0.0245. The minimum atomic E-state index is -0.395. The lowest BCUT2D eigenvalue weighted by atomic mass is 10.0. The summed E-state index contributed by atoms with van der Waals surface area (Å²) in [7, 11) is 0. The van der Waals surface area contributed by atoms with Gasteiger partial charge in [0.15, 0.2) is 0 Å². The molecular formula is C8H7N3O. The van der Waals surface area contributed by atoms with Crippen LogP contribution < -0.4 is 5.73 Å². The van der Waals surface area contributed by atoms with Gasteiger partial charge < -0.3 is 5.73 Å². The van der Waals surface area contributed by atoms with Crippen LogP contribution in [0.2, 0.25) is 0 Å². The SMILES string of the molecule is NC1=CC2C=CC=NC2=NC1=O. The second-order valence-corrected chi connectivity index (χ2v) is 2.59. The number of amidine groups is 1. The van der Waals surface area contributed by atoms with Crippen molar-refractivity contribution >= 4 is 18.0 Å². The molecule has 1 unspecified atom stereocenters. The Balaban J connectivity index is 2.41. The molecule has 4 heteroatoms. The summed E-state index contributed by atoms with van der Waals surface area (Å²) < 4.78 is 0. The Bertz CT molecular complexity index is 349. The van der Waals surface area contributed by atoms with Gasteiger partial charge in [0.2, 0.25) is 0 Å². The van der Waals surface area contributed by atoms with Gasteiger partial charge in [-0.05, 0) is 12.2 Å². The monoisotopic (exact) mass is 161 g/mol. The van der Waals surface area contributed by atoms with Crippen LogP contribution in [0.25, 0.3) is 0 Å². The van der Waals surface area contributed by atoms with Crippen LogP contribution in [0.3, 0.4) is 0 Å². The van der Waals surface area contributed by atoms with Gasteiger partial charge >= 0.3 is 0 Å². The van der Waals surface area contributed by atoms with E-state index in [1.807, 2.05) is 12.2 Å².